The van der Waals surface area contributed by atoms with Gasteiger partial charge < -0.3 is 9.64 Å². The third-order valence-electron chi connectivity index (χ3n) is 4.32. The molecule has 0 spiro atoms. The topological polar surface area (TPSA) is 116 Å². The third kappa shape index (κ3) is 4.61. The van der Waals surface area contributed by atoms with Crippen LogP contribution in [0.4, 0.5) is 10.5 Å². The minimum Gasteiger partial charge on any atom is -0.444 e. The lowest BCUT2D eigenvalue weighted by molar-refractivity contribution is -0.384. The zero-order chi connectivity index (χ0) is 20.5. The van der Waals surface area contributed by atoms with Gasteiger partial charge in [-0.05, 0) is 39.7 Å². The van der Waals surface area contributed by atoms with E-state index in [1.807, 2.05) is 20.8 Å². The zero-order valence-corrected chi connectivity index (χ0v) is 16.8. The monoisotopic (exact) mass is 406 g/mol. The van der Waals surface area contributed by atoms with Crippen molar-refractivity contribution in [1.82, 2.24) is 14.9 Å². The van der Waals surface area contributed by atoms with Crippen LogP contribution in [-0.4, -0.2) is 54.0 Å². The van der Waals surface area contributed by atoms with E-state index in [1.165, 1.54) is 24.4 Å². The molecular weight excluding hydrogens is 384 g/mol. The Hall–Kier alpha value is -2.62. The number of carbonyl (C=O) groups excluding carboxylic acids is 1. The number of piperidine rings is 1. The number of aromatic nitrogens is 2. The predicted octanol–water partition coefficient (Wildman–Crippen LogP) is 3.05. The summed E-state index contributed by atoms with van der Waals surface area (Å²) < 4.78 is 18.3. The maximum absolute atomic E-state index is 12.9. The van der Waals surface area contributed by atoms with E-state index in [2.05, 4.69) is 9.97 Å². The van der Waals surface area contributed by atoms with Crippen LogP contribution in [-0.2, 0) is 15.5 Å². The SMILES string of the molecule is CC(C)(C)OC(=O)N1CCC([S@@](=O)c2cnc3cc([N+](=O)[O-])ccc3n2)CC1. The van der Waals surface area contributed by atoms with Crippen LogP contribution in [0.2, 0.25) is 0 Å². The normalized spacial score (nSPS) is 16.8. The molecule has 1 saturated heterocycles. The molecule has 0 unspecified atom stereocenters. The molecule has 1 atom stereocenters. The van der Waals surface area contributed by atoms with Crippen molar-refractivity contribution in [3.8, 4) is 0 Å². The average Bonchev–Trinajstić information content (AvgIpc) is 2.65. The quantitative estimate of drug-likeness (QED) is 0.568. The highest BCUT2D eigenvalue weighted by Gasteiger charge is 2.30. The van der Waals surface area contributed by atoms with E-state index >= 15 is 0 Å². The minimum absolute atomic E-state index is 0.0646. The highest BCUT2D eigenvalue weighted by molar-refractivity contribution is 7.85. The number of ether oxygens (including phenoxy) is 1. The van der Waals surface area contributed by atoms with Crippen LogP contribution in [0.1, 0.15) is 33.6 Å². The van der Waals surface area contributed by atoms with Gasteiger partial charge in [-0.1, -0.05) is 0 Å². The van der Waals surface area contributed by atoms with Gasteiger partial charge in [-0.25, -0.2) is 9.78 Å². The summed E-state index contributed by atoms with van der Waals surface area (Å²) in [4.78, 5) is 32.7. The molecule has 150 valence electrons. The molecule has 10 heteroatoms. The molecule has 28 heavy (non-hydrogen) atoms. The number of non-ortho nitro benzene ring substituents is 1. The number of nitro benzene ring substituents is 1. The van der Waals surface area contributed by atoms with Gasteiger partial charge in [0.05, 0.1) is 33.0 Å². The van der Waals surface area contributed by atoms with E-state index in [0.717, 1.165) is 0 Å². The fraction of sp³-hybridized carbons (Fsp3) is 0.500. The molecule has 0 bridgehead atoms. The molecule has 1 aromatic carbocycles. The van der Waals surface area contributed by atoms with Crippen molar-refractivity contribution < 1.29 is 18.7 Å². The van der Waals surface area contributed by atoms with Crippen molar-refractivity contribution >= 4 is 33.6 Å². The molecule has 1 aromatic heterocycles. The van der Waals surface area contributed by atoms with Crippen molar-refractivity contribution in [3.63, 3.8) is 0 Å². The Bertz CT molecular complexity index is 935. The number of nitrogens with zero attached hydrogens (tertiary/aromatic N) is 4. The molecule has 0 radical (unpaired) electrons. The first kappa shape index (κ1) is 20.1. The molecule has 1 amide bonds. The second kappa shape index (κ2) is 7.78. The zero-order valence-electron chi connectivity index (χ0n) is 16.0. The van der Waals surface area contributed by atoms with Crippen molar-refractivity contribution in [2.45, 2.75) is 49.5 Å². The van der Waals surface area contributed by atoms with Gasteiger partial charge in [0.15, 0.2) is 0 Å². The van der Waals surface area contributed by atoms with E-state index < -0.39 is 21.3 Å². The molecule has 0 aliphatic carbocycles. The lowest BCUT2D eigenvalue weighted by Crippen LogP contribution is -2.43. The smallest absolute Gasteiger partial charge is 0.410 e. The van der Waals surface area contributed by atoms with Crippen LogP contribution < -0.4 is 0 Å². The predicted molar refractivity (Wildman–Crippen MR) is 103 cm³/mol. The Morgan fingerprint density at radius 2 is 1.96 bits per heavy atom. The largest absolute Gasteiger partial charge is 0.444 e. The molecule has 3 rings (SSSR count). The minimum atomic E-state index is -1.37. The van der Waals surface area contributed by atoms with Crippen LogP contribution in [0.15, 0.2) is 29.4 Å². The van der Waals surface area contributed by atoms with Crippen molar-refractivity contribution in [1.29, 1.82) is 0 Å². The van der Waals surface area contributed by atoms with Crippen molar-refractivity contribution in [2.24, 2.45) is 0 Å². The molecular formula is C18H22N4O5S. The summed E-state index contributed by atoms with van der Waals surface area (Å²) in [7, 11) is -1.37. The highest BCUT2D eigenvalue weighted by Crippen LogP contribution is 2.24. The summed E-state index contributed by atoms with van der Waals surface area (Å²) in [6.07, 6.45) is 2.20. The number of fused-ring (bicyclic) bond motifs is 1. The second-order valence-corrected chi connectivity index (χ2v) is 9.28. The summed E-state index contributed by atoms with van der Waals surface area (Å²) in [6.45, 7) is 6.40. The number of nitro groups is 1. The van der Waals surface area contributed by atoms with E-state index in [0.29, 0.717) is 42.0 Å². The van der Waals surface area contributed by atoms with Crippen LogP contribution in [0.25, 0.3) is 11.0 Å². The van der Waals surface area contributed by atoms with Crippen LogP contribution in [0, 0.1) is 10.1 Å². The van der Waals surface area contributed by atoms with E-state index in [9.17, 15) is 19.1 Å². The average molecular weight is 406 g/mol. The number of benzene rings is 1. The standard InChI is InChI=1S/C18H22N4O5S/c1-18(2,3)27-17(23)21-8-6-13(7-9-21)28(26)16-11-19-15-10-12(22(24)25)4-5-14(15)20-16/h4-5,10-11,13H,6-9H2,1-3H3/t28-/m1/s1. The van der Waals surface area contributed by atoms with Gasteiger partial charge in [0.25, 0.3) is 5.69 Å². The molecule has 0 N–H and O–H groups in total. The first-order chi connectivity index (χ1) is 13.1. The van der Waals surface area contributed by atoms with Gasteiger partial charge in [-0.3, -0.25) is 19.3 Å². The molecule has 1 aliphatic heterocycles. The van der Waals surface area contributed by atoms with Gasteiger partial charge >= 0.3 is 6.09 Å². The van der Waals surface area contributed by atoms with E-state index in [1.54, 1.807) is 4.90 Å². The number of rotatable bonds is 3. The van der Waals surface area contributed by atoms with E-state index in [-0.39, 0.29) is 17.0 Å². The molecule has 2 heterocycles. The first-order valence-electron chi connectivity index (χ1n) is 8.94. The molecule has 0 saturated carbocycles. The van der Waals surface area contributed by atoms with Gasteiger partial charge in [0.1, 0.15) is 10.6 Å². The Morgan fingerprint density at radius 3 is 2.57 bits per heavy atom. The lowest BCUT2D eigenvalue weighted by Gasteiger charge is -2.32. The summed E-state index contributed by atoms with van der Waals surface area (Å²) in [6, 6.07) is 4.20. The molecule has 2 aromatic rings. The van der Waals surface area contributed by atoms with Gasteiger partial charge in [-0.2, -0.15) is 0 Å². The number of carbonyl (C=O) groups is 1. The van der Waals surface area contributed by atoms with Gasteiger partial charge in [0.2, 0.25) is 0 Å². The highest BCUT2D eigenvalue weighted by atomic mass is 32.2. The van der Waals surface area contributed by atoms with Crippen LogP contribution in [0.5, 0.6) is 0 Å². The Kier molecular flexibility index (Phi) is 5.59. The third-order valence-corrected chi connectivity index (χ3v) is 6.00. The Morgan fingerprint density at radius 1 is 1.29 bits per heavy atom. The second-order valence-electron chi connectivity index (χ2n) is 7.60. The molecule has 9 nitrogen and oxygen atoms in total. The number of hydrogen-bond acceptors (Lipinski definition) is 7. The van der Waals surface area contributed by atoms with Crippen molar-refractivity contribution in [3.05, 3.63) is 34.5 Å². The summed E-state index contributed by atoms with van der Waals surface area (Å²) in [5, 5.41) is 11.1. The number of amides is 1. The Balaban J connectivity index is 1.67. The van der Waals surface area contributed by atoms with Gasteiger partial charge in [-0.15, -0.1) is 0 Å². The number of likely N-dealkylation sites (tertiary alicyclic amines) is 1. The fourth-order valence-electron chi connectivity index (χ4n) is 2.94. The van der Waals surface area contributed by atoms with E-state index in [4.69, 9.17) is 4.74 Å². The van der Waals surface area contributed by atoms with Crippen LogP contribution in [0.3, 0.4) is 0 Å². The lowest BCUT2D eigenvalue weighted by atomic mass is 10.1. The maximum atomic E-state index is 12.9. The summed E-state index contributed by atoms with van der Waals surface area (Å²) in [5.41, 5.74) is 0.231. The number of hydrogen-bond donors (Lipinski definition) is 0. The maximum Gasteiger partial charge on any atom is 0.410 e. The van der Waals surface area contributed by atoms with Crippen LogP contribution >= 0.6 is 0 Å². The van der Waals surface area contributed by atoms with Crippen molar-refractivity contribution in [2.75, 3.05) is 13.1 Å². The van der Waals surface area contributed by atoms with Gasteiger partial charge in [0, 0.05) is 30.5 Å². The molecule has 1 fully saturated rings. The summed E-state index contributed by atoms with van der Waals surface area (Å²) in [5.74, 6) is 0. The first-order valence-corrected chi connectivity index (χ1v) is 10.1. The fourth-order valence-corrected chi connectivity index (χ4v) is 4.27. The summed E-state index contributed by atoms with van der Waals surface area (Å²) >= 11 is 0. The molecule has 1 aliphatic rings. The Labute approximate surface area is 164 Å².